The molecule has 2 N–H and O–H groups in total. The molecule has 0 bridgehead atoms. The van der Waals surface area contributed by atoms with Gasteiger partial charge >= 0.3 is 6.09 Å². The Kier molecular flexibility index (Phi) is 7.85. The van der Waals surface area contributed by atoms with E-state index in [4.69, 9.17) is 16.3 Å². The summed E-state index contributed by atoms with van der Waals surface area (Å²) in [6.45, 7) is 7.20. The first kappa shape index (κ1) is 20.1. The van der Waals surface area contributed by atoms with Crippen LogP contribution in [-0.2, 0) is 11.3 Å². The third-order valence-electron chi connectivity index (χ3n) is 2.98. The summed E-state index contributed by atoms with van der Waals surface area (Å²) >= 11 is 5.89. The normalized spacial score (nSPS) is 11.8. The molecule has 0 radical (unpaired) electrons. The molecule has 0 aliphatic heterocycles. The molecule has 1 aromatic carbocycles. The Bertz CT molecular complexity index is 553. The maximum atomic E-state index is 11.6. The van der Waals surface area contributed by atoms with Crippen LogP contribution in [0.2, 0.25) is 5.02 Å². The second kappa shape index (κ2) is 9.37. The van der Waals surface area contributed by atoms with Crippen molar-refractivity contribution in [2.75, 3.05) is 27.2 Å². The lowest BCUT2D eigenvalue weighted by Crippen LogP contribution is -2.43. The van der Waals surface area contributed by atoms with Gasteiger partial charge in [0.25, 0.3) is 0 Å². The minimum Gasteiger partial charge on any atom is -0.444 e. The van der Waals surface area contributed by atoms with Gasteiger partial charge in [0.15, 0.2) is 5.96 Å². The number of aliphatic imine (C=N–C) groups is 1. The van der Waals surface area contributed by atoms with Crippen LogP contribution in [0.5, 0.6) is 0 Å². The first-order chi connectivity index (χ1) is 11.2. The maximum absolute atomic E-state index is 11.6. The van der Waals surface area contributed by atoms with E-state index in [-0.39, 0.29) is 0 Å². The first-order valence-corrected chi connectivity index (χ1v) is 8.22. The molecule has 0 saturated heterocycles. The van der Waals surface area contributed by atoms with Crippen LogP contribution in [0.25, 0.3) is 0 Å². The first-order valence-electron chi connectivity index (χ1n) is 7.84. The Morgan fingerprint density at radius 2 is 1.79 bits per heavy atom. The molecule has 0 aromatic heterocycles. The predicted molar refractivity (Wildman–Crippen MR) is 98.5 cm³/mol. The summed E-state index contributed by atoms with van der Waals surface area (Å²) in [4.78, 5) is 17.8. The average Bonchev–Trinajstić information content (AvgIpc) is 2.47. The zero-order valence-corrected chi connectivity index (χ0v) is 15.8. The van der Waals surface area contributed by atoms with Gasteiger partial charge in [-0.25, -0.2) is 4.79 Å². The highest BCUT2D eigenvalue weighted by Crippen LogP contribution is 2.11. The maximum Gasteiger partial charge on any atom is 0.407 e. The van der Waals surface area contributed by atoms with Crippen LogP contribution in [0.15, 0.2) is 29.3 Å². The van der Waals surface area contributed by atoms with Gasteiger partial charge in [0, 0.05) is 38.8 Å². The van der Waals surface area contributed by atoms with Crippen LogP contribution >= 0.6 is 11.6 Å². The molecule has 6 nitrogen and oxygen atoms in total. The summed E-state index contributed by atoms with van der Waals surface area (Å²) in [6, 6.07) is 7.70. The van der Waals surface area contributed by atoms with Gasteiger partial charge in [0.2, 0.25) is 0 Å². The molecule has 0 heterocycles. The molecule has 0 aliphatic rings. The standard InChI is InChI=1S/C17H27ClN4O2/c1-17(2,3)24-16(23)21-11-10-20-15(19-4)22(5)12-13-6-8-14(18)9-7-13/h6-9H,10-12H2,1-5H3,(H,19,20)(H,21,23). The number of rotatable bonds is 5. The number of benzene rings is 1. The number of hydrogen-bond donors (Lipinski definition) is 2. The number of alkyl carbamates (subject to hydrolysis) is 1. The van der Waals surface area contributed by atoms with Crippen LogP contribution in [-0.4, -0.2) is 49.7 Å². The van der Waals surface area contributed by atoms with Crippen molar-refractivity contribution in [3.05, 3.63) is 34.9 Å². The number of nitrogens with one attached hydrogen (secondary N) is 2. The Morgan fingerprint density at radius 3 is 2.33 bits per heavy atom. The van der Waals surface area contributed by atoms with Gasteiger partial charge in [-0.15, -0.1) is 0 Å². The molecular weight excluding hydrogens is 328 g/mol. The van der Waals surface area contributed by atoms with E-state index in [9.17, 15) is 4.79 Å². The number of halogens is 1. The van der Waals surface area contributed by atoms with E-state index < -0.39 is 11.7 Å². The van der Waals surface area contributed by atoms with Gasteiger partial charge < -0.3 is 20.3 Å². The smallest absolute Gasteiger partial charge is 0.407 e. The summed E-state index contributed by atoms with van der Waals surface area (Å²) in [7, 11) is 3.67. The molecule has 24 heavy (non-hydrogen) atoms. The van der Waals surface area contributed by atoms with Crippen molar-refractivity contribution in [3.63, 3.8) is 0 Å². The van der Waals surface area contributed by atoms with Gasteiger partial charge in [-0.1, -0.05) is 23.7 Å². The topological polar surface area (TPSA) is 66.0 Å². The Hall–Kier alpha value is -1.95. The molecule has 0 spiro atoms. The lowest BCUT2D eigenvalue weighted by atomic mass is 10.2. The number of carbonyl (C=O) groups is 1. The van der Waals surface area contributed by atoms with E-state index >= 15 is 0 Å². The monoisotopic (exact) mass is 354 g/mol. The highest BCUT2D eigenvalue weighted by molar-refractivity contribution is 6.30. The van der Waals surface area contributed by atoms with Crippen LogP contribution in [0.3, 0.4) is 0 Å². The predicted octanol–water partition coefficient (Wildman–Crippen LogP) is 2.87. The lowest BCUT2D eigenvalue weighted by molar-refractivity contribution is 0.0529. The molecule has 1 aromatic rings. The van der Waals surface area contributed by atoms with Crippen LogP contribution in [0, 0.1) is 0 Å². The van der Waals surface area contributed by atoms with E-state index in [0.717, 1.165) is 16.5 Å². The molecule has 0 unspecified atom stereocenters. The number of carbonyl (C=O) groups excluding carboxylic acids is 1. The zero-order valence-electron chi connectivity index (χ0n) is 15.0. The number of hydrogen-bond acceptors (Lipinski definition) is 3. The van der Waals surface area contributed by atoms with E-state index in [1.165, 1.54) is 0 Å². The van der Waals surface area contributed by atoms with Crippen LogP contribution in [0.1, 0.15) is 26.3 Å². The molecule has 7 heteroatoms. The van der Waals surface area contributed by atoms with Crippen molar-refractivity contribution in [1.82, 2.24) is 15.5 Å². The fourth-order valence-corrected chi connectivity index (χ4v) is 2.10. The average molecular weight is 355 g/mol. The fraction of sp³-hybridized carbons (Fsp3) is 0.529. The molecule has 0 saturated carbocycles. The van der Waals surface area contributed by atoms with Crippen molar-refractivity contribution >= 4 is 23.7 Å². The third kappa shape index (κ3) is 8.06. The number of amides is 1. The van der Waals surface area contributed by atoms with Gasteiger partial charge in [0.05, 0.1) is 0 Å². The summed E-state index contributed by atoms with van der Waals surface area (Å²) in [5, 5.41) is 6.62. The minimum atomic E-state index is -0.494. The van der Waals surface area contributed by atoms with Crippen LogP contribution < -0.4 is 10.6 Å². The van der Waals surface area contributed by atoms with Crippen molar-refractivity contribution in [1.29, 1.82) is 0 Å². The van der Waals surface area contributed by atoms with Gasteiger partial charge in [-0.2, -0.15) is 0 Å². The lowest BCUT2D eigenvalue weighted by Gasteiger charge is -2.23. The highest BCUT2D eigenvalue weighted by atomic mass is 35.5. The molecule has 0 aliphatic carbocycles. The molecule has 1 rings (SSSR count). The Balaban J connectivity index is 2.36. The highest BCUT2D eigenvalue weighted by Gasteiger charge is 2.15. The van der Waals surface area contributed by atoms with E-state index in [1.807, 2.05) is 57.0 Å². The summed E-state index contributed by atoms with van der Waals surface area (Å²) < 4.78 is 5.18. The molecule has 0 fully saturated rings. The summed E-state index contributed by atoms with van der Waals surface area (Å²) in [6.07, 6.45) is -0.422. The molecule has 134 valence electrons. The SMILES string of the molecule is CN=C(NCCNC(=O)OC(C)(C)C)N(C)Cc1ccc(Cl)cc1. The van der Waals surface area contributed by atoms with E-state index in [2.05, 4.69) is 15.6 Å². The van der Waals surface area contributed by atoms with E-state index in [0.29, 0.717) is 19.6 Å². The quantitative estimate of drug-likeness (QED) is 0.485. The van der Waals surface area contributed by atoms with Gasteiger partial charge in [-0.3, -0.25) is 4.99 Å². The number of guanidine groups is 1. The van der Waals surface area contributed by atoms with Crippen LogP contribution in [0.4, 0.5) is 4.79 Å². The molecular formula is C17H27ClN4O2. The van der Waals surface area contributed by atoms with Crippen molar-refractivity contribution in [3.8, 4) is 0 Å². The zero-order chi connectivity index (χ0) is 18.2. The fourth-order valence-electron chi connectivity index (χ4n) is 1.98. The number of ether oxygens (including phenoxy) is 1. The summed E-state index contributed by atoms with van der Waals surface area (Å²) in [5.74, 6) is 0.746. The van der Waals surface area contributed by atoms with Crippen molar-refractivity contribution in [2.24, 2.45) is 4.99 Å². The second-order valence-corrected chi connectivity index (χ2v) is 6.82. The van der Waals surface area contributed by atoms with Crippen molar-refractivity contribution < 1.29 is 9.53 Å². The van der Waals surface area contributed by atoms with Crippen molar-refractivity contribution in [2.45, 2.75) is 32.9 Å². The third-order valence-corrected chi connectivity index (χ3v) is 3.23. The Morgan fingerprint density at radius 1 is 1.21 bits per heavy atom. The second-order valence-electron chi connectivity index (χ2n) is 6.39. The largest absolute Gasteiger partial charge is 0.444 e. The van der Waals surface area contributed by atoms with E-state index in [1.54, 1.807) is 7.05 Å². The van der Waals surface area contributed by atoms with Gasteiger partial charge in [0.1, 0.15) is 5.60 Å². The Labute approximate surface area is 149 Å². The molecule has 0 atom stereocenters. The summed E-state index contributed by atoms with van der Waals surface area (Å²) in [5.41, 5.74) is 0.642. The molecule has 1 amide bonds. The minimum absolute atomic E-state index is 0.422. The van der Waals surface area contributed by atoms with Gasteiger partial charge in [-0.05, 0) is 38.5 Å². The number of nitrogens with zero attached hydrogens (tertiary/aromatic N) is 2.